The fraction of sp³-hybridized carbons (Fsp3) is 0.174. The normalized spacial score (nSPS) is 10.9. The summed E-state index contributed by atoms with van der Waals surface area (Å²) in [5, 5.41) is 12.3. The third-order valence-corrected chi connectivity index (χ3v) is 5.80. The molecule has 4 aromatic rings. The molecule has 1 N–H and O–H groups in total. The van der Waals surface area contributed by atoms with Crippen molar-refractivity contribution >= 4 is 23.4 Å². The molecular formula is C23H22N4O2S. The van der Waals surface area contributed by atoms with Crippen molar-refractivity contribution < 1.29 is 9.21 Å². The van der Waals surface area contributed by atoms with E-state index in [2.05, 4.69) is 15.5 Å². The molecule has 0 unspecified atom stereocenters. The van der Waals surface area contributed by atoms with Crippen LogP contribution in [0.2, 0.25) is 0 Å². The lowest BCUT2D eigenvalue weighted by molar-refractivity contribution is -0.113. The van der Waals surface area contributed by atoms with E-state index in [9.17, 15) is 4.79 Å². The van der Waals surface area contributed by atoms with E-state index in [0.717, 1.165) is 28.3 Å². The molecule has 0 saturated carbocycles. The Hall–Kier alpha value is -3.32. The minimum atomic E-state index is -0.0908. The summed E-state index contributed by atoms with van der Waals surface area (Å²) in [5.74, 6) is 1.59. The number of anilines is 1. The summed E-state index contributed by atoms with van der Waals surface area (Å²) in [5.41, 5.74) is 4.93. The molecular weight excluding hydrogens is 396 g/mol. The Bertz CT molecular complexity index is 1180. The van der Waals surface area contributed by atoms with Crippen molar-refractivity contribution in [1.82, 2.24) is 14.8 Å². The summed E-state index contributed by atoms with van der Waals surface area (Å²) >= 11 is 1.35. The van der Waals surface area contributed by atoms with E-state index in [0.29, 0.717) is 11.0 Å². The number of furan rings is 1. The molecule has 0 atom stereocenters. The van der Waals surface area contributed by atoms with Crippen molar-refractivity contribution in [3.8, 4) is 17.1 Å². The molecule has 0 aliphatic heterocycles. The molecule has 0 bridgehead atoms. The van der Waals surface area contributed by atoms with Crippen LogP contribution in [0.15, 0.2) is 70.4 Å². The Morgan fingerprint density at radius 1 is 1.03 bits per heavy atom. The second-order valence-corrected chi connectivity index (χ2v) is 7.95. The lowest BCUT2D eigenvalue weighted by atomic mass is 10.1. The van der Waals surface area contributed by atoms with Gasteiger partial charge in [0.25, 0.3) is 0 Å². The van der Waals surface area contributed by atoms with E-state index in [4.69, 9.17) is 4.42 Å². The third kappa shape index (κ3) is 4.16. The highest BCUT2D eigenvalue weighted by atomic mass is 32.2. The van der Waals surface area contributed by atoms with Crippen molar-refractivity contribution in [2.24, 2.45) is 0 Å². The molecule has 0 spiro atoms. The quantitative estimate of drug-likeness (QED) is 0.437. The van der Waals surface area contributed by atoms with Crippen LogP contribution in [0.4, 0.5) is 5.69 Å². The fourth-order valence-electron chi connectivity index (χ4n) is 3.11. The molecule has 0 radical (unpaired) electrons. The number of hydrogen-bond donors (Lipinski definition) is 1. The second kappa shape index (κ2) is 8.59. The van der Waals surface area contributed by atoms with Gasteiger partial charge < -0.3 is 9.73 Å². The number of aromatic nitrogens is 3. The average Bonchev–Trinajstić information content (AvgIpc) is 3.35. The molecule has 7 heteroatoms. The van der Waals surface area contributed by atoms with Crippen molar-refractivity contribution in [2.45, 2.75) is 25.9 Å². The Morgan fingerprint density at radius 3 is 2.53 bits per heavy atom. The minimum Gasteiger partial charge on any atom is -0.469 e. The third-order valence-electron chi connectivity index (χ3n) is 4.87. The SMILES string of the molecule is Cc1ccc(NC(=O)CSc2nnc(-c3ccoc3C)n2-c2ccccc2)cc1C. The van der Waals surface area contributed by atoms with E-state index >= 15 is 0 Å². The van der Waals surface area contributed by atoms with Crippen molar-refractivity contribution in [3.63, 3.8) is 0 Å². The second-order valence-electron chi connectivity index (χ2n) is 7.00. The molecule has 1 amide bonds. The van der Waals surface area contributed by atoms with Crippen LogP contribution >= 0.6 is 11.8 Å². The van der Waals surface area contributed by atoms with Gasteiger partial charge in [0.1, 0.15) is 5.76 Å². The molecule has 6 nitrogen and oxygen atoms in total. The lowest BCUT2D eigenvalue weighted by Crippen LogP contribution is -2.14. The maximum atomic E-state index is 12.5. The zero-order valence-corrected chi connectivity index (χ0v) is 17.9. The van der Waals surface area contributed by atoms with Gasteiger partial charge in [0.2, 0.25) is 5.91 Å². The van der Waals surface area contributed by atoms with Gasteiger partial charge in [0.05, 0.1) is 17.6 Å². The van der Waals surface area contributed by atoms with Gasteiger partial charge in [-0.15, -0.1) is 10.2 Å². The Balaban J connectivity index is 1.57. The van der Waals surface area contributed by atoms with Crippen LogP contribution in [-0.2, 0) is 4.79 Å². The summed E-state index contributed by atoms with van der Waals surface area (Å²) in [6.45, 7) is 5.97. The zero-order valence-electron chi connectivity index (χ0n) is 17.0. The monoisotopic (exact) mass is 418 g/mol. The highest BCUT2D eigenvalue weighted by Crippen LogP contribution is 2.30. The first-order valence-electron chi connectivity index (χ1n) is 9.58. The molecule has 2 aromatic carbocycles. The first-order chi connectivity index (χ1) is 14.5. The van der Waals surface area contributed by atoms with E-state index in [1.165, 1.54) is 17.3 Å². The van der Waals surface area contributed by atoms with Crippen LogP contribution in [-0.4, -0.2) is 26.4 Å². The van der Waals surface area contributed by atoms with Gasteiger partial charge in [-0.2, -0.15) is 0 Å². The molecule has 0 aliphatic rings. The molecule has 152 valence electrons. The maximum Gasteiger partial charge on any atom is 0.234 e. The largest absolute Gasteiger partial charge is 0.469 e. The first-order valence-corrected chi connectivity index (χ1v) is 10.6. The smallest absolute Gasteiger partial charge is 0.234 e. The van der Waals surface area contributed by atoms with Crippen LogP contribution in [0.1, 0.15) is 16.9 Å². The summed E-state index contributed by atoms with van der Waals surface area (Å²) in [6.07, 6.45) is 1.64. The van der Waals surface area contributed by atoms with Gasteiger partial charge in [-0.25, -0.2) is 0 Å². The number of para-hydroxylation sites is 1. The minimum absolute atomic E-state index is 0.0908. The summed E-state index contributed by atoms with van der Waals surface area (Å²) in [4.78, 5) is 12.5. The van der Waals surface area contributed by atoms with Crippen LogP contribution < -0.4 is 5.32 Å². The van der Waals surface area contributed by atoms with Gasteiger partial charge in [-0.1, -0.05) is 36.0 Å². The number of carbonyl (C=O) groups is 1. The zero-order chi connectivity index (χ0) is 21.1. The molecule has 30 heavy (non-hydrogen) atoms. The van der Waals surface area contributed by atoms with Crippen LogP contribution in [0.3, 0.4) is 0 Å². The Morgan fingerprint density at radius 2 is 1.83 bits per heavy atom. The highest BCUT2D eigenvalue weighted by Gasteiger charge is 2.19. The number of aryl methyl sites for hydroxylation is 3. The lowest BCUT2D eigenvalue weighted by Gasteiger charge is -2.10. The van der Waals surface area contributed by atoms with Crippen LogP contribution in [0.5, 0.6) is 0 Å². The van der Waals surface area contributed by atoms with E-state index < -0.39 is 0 Å². The van der Waals surface area contributed by atoms with E-state index in [-0.39, 0.29) is 11.7 Å². The molecule has 0 saturated heterocycles. The number of hydrogen-bond acceptors (Lipinski definition) is 5. The number of rotatable bonds is 6. The standard InChI is InChI=1S/C23H22N4O2S/c1-15-9-10-18(13-16(15)2)24-21(28)14-30-23-26-25-22(20-11-12-29-17(20)3)27(23)19-7-5-4-6-8-19/h4-13H,14H2,1-3H3,(H,24,28). The number of benzene rings is 2. The molecule has 0 aliphatic carbocycles. The van der Waals surface area contributed by atoms with Gasteiger partial charge in [-0.05, 0) is 62.2 Å². The topological polar surface area (TPSA) is 73.0 Å². The maximum absolute atomic E-state index is 12.5. The Labute approximate surface area is 179 Å². The number of amides is 1. The van der Waals surface area contributed by atoms with E-state index in [1.807, 2.05) is 79.9 Å². The highest BCUT2D eigenvalue weighted by molar-refractivity contribution is 7.99. The first kappa shape index (κ1) is 20.0. The molecule has 0 fully saturated rings. The van der Waals surface area contributed by atoms with Crippen LogP contribution in [0, 0.1) is 20.8 Å². The summed E-state index contributed by atoms with van der Waals surface area (Å²) in [6, 6.07) is 17.6. The van der Waals surface area contributed by atoms with Gasteiger partial charge in [0.15, 0.2) is 11.0 Å². The average molecular weight is 419 g/mol. The fourth-order valence-corrected chi connectivity index (χ4v) is 3.86. The number of nitrogens with one attached hydrogen (secondary N) is 1. The molecule has 4 rings (SSSR count). The molecule has 2 heterocycles. The number of nitrogens with zero attached hydrogens (tertiary/aromatic N) is 3. The van der Waals surface area contributed by atoms with Crippen molar-refractivity contribution in [2.75, 3.05) is 11.1 Å². The predicted octanol–water partition coefficient (Wildman–Crippen LogP) is 5.18. The molecule has 2 aromatic heterocycles. The summed E-state index contributed by atoms with van der Waals surface area (Å²) in [7, 11) is 0. The number of thioether (sulfide) groups is 1. The number of carbonyl (C=O) groups excluding carboxylic acids is 1. The predicted molar refractivity (Wildman–Crippen MR) is 119 cm³/mol. The van der Waals surface area contributed by atoms with Gasteiger partial charge in [0, 0.05) is 11.4 Å². The van der Waals surface area contributed by atoms with Crippen molar-refractivity contribution in [1.29, 1.82) is 0 Å². The van der Waals surface area contributed by atoms with E-state index in [1.54, 1.807) is 6.26 Å². The summed E-state index contributed by atoms with van der Waals surface area (Å²) < 4.78 is 7.40. The van der Waals surface area contributed by atoms with Gasteiger partial charge >= 0.3 is 0 Å². The van der Waals surface area contributed by atoms with Gasteiger partial charge in [-0.3, -0.25) is 9.36 Å². The van der Waals surface area contributed by atoms with Crippen LogP contribution in [0.25, 0.3) is 17.1 Å². The van der Waals surface area contributed by atoms with Crippen molar-refractivity contribution in [3.05, 3.63) is 77.7 Å². The Kier molecular flexibility index (Phi) is 5.72.